The summed E-state index contributed by atoms with van der Waals surface area (Å²) in [5.74, 6) is 1.36. The topological polar surface area (TPSA) is 92.7 Å². The van der Waals surface area contributed by atoms with Crippen LogP contribution in [-0.2, 0) is 0 Å². The fourth-order valence-electron chi connectivity index (χ4n) is 4.27. The first-order valence-electron chi connectivity index (χ1n) is 11.4. The van der Waals surface area contributed by atoms with Crippen molar-refractivity contribution in [3.63, 3.8) is 0 Å². The van der Waals surface area contributed by atoms with Gasteiger partial charge in [-0.3, -0.25) is 9.59 Å². The van der Waals surface area contributed by atoms with Crippen LogP contribution < -0.4 is 5.32 Å². The van der Waals surface area contributed by atoms with E-state index < -0.39 is 0 Å². The third-order valence-corrected chi connectivity index (χ3v) is 6.40. The number of carbonyl (C=O) groups excluding carboxylic acids is 2. The first kappa shape index (κ1) is 22.0. The highest BCUT2D eigenvalue weighted by molar-refractivity contribution is 5.99. The second kappa shape index (κ2) is 9.54. The Kier molecular flexibility index (Phi) is 6.58. The zero-order chi connectivity index (χ0) is 22.7. The summed E-state index contributed by atoms with van der Waals surface area (Å²) < 4.78 is 7.45. The number of aromatic nitrogens is 3. The Morgan fingerprint density at radius 3 is 2.81 bits per heavy atom. The Labute approximate surface area is 188 Å². The first-order valence-corrected chi connectivity index (χ1v) is 11.4. The number of nitrogens with zero attached hydrogens (tertiary/aromatic N) is 4. The summed E-state index contributed by atoms with van der Waals surface area (Å²) in [6.45, 7) is 4.34. The van der Waals surface area contributed by atoms with E-state index in [1.54, 1.807) is 34.9 Å². The number of carbonyl (C=O) groups is 2. The molecular weight excluding hydrogens is 406 g/mol. The van der Waals surface area contributed by atoms with Crippen LogP contribution in [0.3, 0.4) is 0 Å². The molecule has 2 amide bonds. The predicted molar refractivity (Wildman–Crippen MR) is 121 cm³/mol. The summed E-state index contributed by atoms with van der Waals surface area (Å²) in [6, 6.07) is 3.63. The van der Waals surface area contributed by atoms with Gasteiger partial charge in [-0.1, -0.05) is 19.3 Å². The molecule has 1 saturated carbocycles. The maximum Gasteiger partial charge on any atom is 0.286 e. The van der Waals surface area contributed by atoms with Gasteiger partial charge in [0.2, 0.25) is 0 Å². The van der Waals surface area contributed by atoms with Crippen molar-refractivity contribution in [2.24, 2.45) is 0 Å². The van der Waals surface area contributed by atoms with Crippen molar-refractivity contribution in [3.05, 3.63) is 53.4 Å². The Morgan fingerprint density at radius 1 is 1.25 bits per heavy atom. The Hall–Kier alpha value is -3.16. The normalized spacial score (nSPS) is 15.6. The Balaban J connectivity index is 1.29. The lowest BCUT2D eigenvalue weighted by Gasteiger charge is -2.24. The molecule has 3 heterocycles. The SMILES string of the molecule is Cc1cnc2c(C(=O)N(C)C(C)CCNC(=O)c3ccc(C4CCCCC4)o3)cnn2c1. The molecule has 32 heavy (non-hydrogen) atoms. The largest absolute Gasteiger partial charge is 0.456 e. The minimum Gasteiger partial charge on any atom is -0.456 e. The zero-order valence-electron chi connectivity index (χ0n) is 19.0. The van der Waals surface area contributed by atoms with E-state index in [0.717, 1.165) is 24.2 Å². The molecule has 1 unspecified atom stereocenters. The van der Waals surface area contributed by atoms with E-state index in [4.69, 9.17) is 4.42 Å². The minimum absolute atomic E-state index is 0.0717. The van der Waals surface area contributed by atoms with Crippen molar-refractivity contribution in [2.45, 2.75) is 64.3 Å². The fourth-order valence-corrected chi connectivity index (χ4v) is 4.27. The molecule has 0 aromatic carbocycles. The van der Waals surface area contributed by atoms with E-state index >= 15 is 0 Å². The second-order valence-corrected chi connectivity index (χ2v) is 8.80. The molecule has 1 fully saturated rings. The highest BCUT2D eigenvalue weighted by Gasteiger charge is 2.23. The molecule has 1 aliphatic rings. The lowest BCUT2D eigenvalue weighted by Crippen LogP contribution is -2.37. The van der Waals surface area contributed by atoms with Crippen LogP contribution in [0.1, 0.15) is 83.6 Å². The zero-order valence-corrected chi connectivity index (χ0v) is 19.0. The number of amides is 2. The average Bonchev–Trinajstić information content (AvgIpc) is 3.46. The third-order valence-electron chi connectivity index (χ3n) is 6.40. The number of fused-ring (bicyclic) bond motifs is 1. The number of rotatable bonds is 7. The predicted octanol–water partition coefficient (Wildman–Crippen LogP) is 3.96. The summed E-state index contributed by atoms with van der Waals surface area (Å²) in [5, 5.41) is 7.15. The van der Waals surface area contributed by atoms with Crippen molar-refractivity contribution >= 4 is 17.5 Å². The minimum atomic E-state index is -0.213. The van der Waals surface area contributed by atoms with Crippen LogP contribution in [0.15, 0.2) is 35.1 Å². The summed E-state index contributed by atoms with van der Waals surface area (Å²) in [5.41, 5.74) is 1.98. The van der Waals surface area contributed by atoms with Gasteiger partial charge in [0, 0.05) is 37.9 Å². The third kappa shape index (κ3) is 4.69. The number of aryl methyl sites for hydroxylation is 1. The summed E-state index contributed by atoms with van der Waals surface area (Å²) in [7, 11) is 1.76. The molecule has 3 aromatic heterocycles. The number of nitrogens with one attached hydrogen (secondary N) is 1. The number of hydrogen-bond donors (Lipinski definition) is 1. The van der Waals surface area contributed by atoms with Gasteiger partial charge in [-0.2, -0.15) is 5.10 Å². The van der Waals surface area contributed by atoms with Crippen molar-refractivity contribution in [3.8, 4) is 0 Å². The van der Waals surface area contributed by atoms with Gasteiger partial charge in [-0.15, -0.1) is 0 Å². The van der Waals surface area contributed by atoms with Gasteiger partial charge in [0.1, 0.15) is 11.3 Å². The molecule has 3 aromatic rings. The van der Waals surface area contributed by atoms with Crippen LogP contribution in [0, 0.1) is 6.92 Å². The molecule has 0 saturated heterocycles. The number of furan rings is 1. The summed E-state index contributed by atoms with van der Waals surface area (Å²) in [6.07, 6.45) is 11.7. The Morgan fingerprint density at radius 2 is 2.03 bits per heavy atom. The van der Waals surface area contributed by atoms with E-state index in [-0.39, 0.29) is 17.9 Å². The van der Waals surface area contributed by atoms with Crippen LogP contribution in [0.4, 0.5) is 0 Å². The summed E-state index contributed by atoms with van der Waals surface area (Å²) >= 11 is 0. The van der Waals surface area contributed by atoms with Crippen molar-refractivity contribution in [1.82, 2.24) is 24.8 Å². The molecule has 1 N–H and O–H groups in total. The van der Waals surface area contributed by atoms with Crippen LogP contribution >= 0.6 is 0 Å². The smallest absolute Gasteiger partial charge is 0.286 e. The molecule has 1 atom stereocenters. The van der Waals surface area contributed by atoms with Crippen molar-refractivity contribution < 1.29 is 14.0 Å². The van der Waals surface area contributed by atoms with Gasteiger partial charge in [-0.25, -0.2) is 9.50 Å². The molecule has 0 bridgehead atoms. The molecule has 170 valence electrons. The molecule has 8 nitrogen and oxygen atoms in total. The molecule has 1 aliphatic carbocycles. The van der Waals surface area contributed by atoms with Crippen molar-refractivity contribution in [2.75, 3.05) is 13.6 Å². The average molecular weight is 438 g/mol. The molecule has 0 radical (unpaired) electrons. The van der Waals surface area contributed by atoms with Crippen LogP contribution in [0.25, 0.3) is 5.65 Å². The van der Waals surface area contributed by atoms with Crippen LogP contribution in [0.2, 0.25) is 0 Å². The van der Waals surface area contributed by atoms with E-state index in [2.05, 4.69) is 15.4 Å². The monoisotopic (exact) mass is 437 g/mol. The molecule has 0 spiro atoms. The molecule has 0 aliphatic heterocycles. The van der Waals surface area contributed by atoms with Gasteiger partial charge in [0.25, 0.3) is 11.8 Å². The van der Waals surface area contributed by atoms with Gasteiger partial charge in [-0.05, 0) is 50.8 Å². The molecule has 8 heteroatoms. The highest BCUT2D eigenvalue weighted by atomic mass is 16.4. The fraction of sp³-hybridized carbons (Fsp3) is 0.500. The van der Waals surface area contributed by atoms with Gasteiger partial charge < -0.3 is 14.6 Å². The quantitative estimate of drug-likeness (QED) is 0.604. The van der Waals surface area contributed by atoms with Gasteiger partial charge in [0.15, 0.2) is 11.4 Å². The lowest BCUT2D eigenvalue weighted by atomic mass is 9.88. The van der Waals surface area contributed by atoms with Gasteiger partial charge >= 0.3 is 0 Å². The highest BCUT2D eigenvalue weighted by Crippen LogP contribution is 2.33. The first-order chi connectivity index (χ1) is 15.4. The van der Waals surface area contributed by atoms with Crippen molar-refractivity contribution in [1.29, 1.82) is 0 Å². The number of hydrogen-bond acceptors (Lipinski definition) is 5. The standard InChI is InChI=1S/C24H31N5O3/c1-16-13-26-22-19(14-27-29(22)15-16)24(31)28(3)17(2)11-12-25-23(30)21-10-9-20(32-21)18-7-5-4-6-8-18/h9-10,13-15,17-18H,4-8,11-12H2,1-3H3,(H,25,30). The maximum absolute atomic E-state index is 12.9. The van der Waals surface area contributed by atoms with E-state index in [1.165, 1.54) is 19.3 Å². The molecular formula is C24H31N5O3. The Bertz CT molecular complexity index is 1100. The molecule has 4 rings (SSSR count). The summed E-state index contributed by atoms with van der Waals surface area (Å²) in [4.78, 5) is 31.4. The van der Waals surface area contributed by atoms with E-state index in [0.29, 0.717) is 35.9 Å². The lowest BCUT2D eigenvalue weighted by molar-refractivity contribution is 0.0738. The second-order valence-electron chi connectivity index (χ2n) is 8.80. The maximum atomic E-state index is 12.9. The van der Waals surface area contributed by atoms with Crippen LogP contribution in [0.5, 0.6) is 0 Å². The van der Waals surface area contributed by atoms with Crippen LogP contribution in [-0.4, -0.2) is 50.9 Å². The van der Waals surface area contributed by atoms with Gasteiger partial charge in [0.05, 0.1) is 6.20 Å². The van der Waals surface area contributed by atoms with E-state index in [1.807, 2.05) is 26.1 Å². The van der Waals surface area contributed by atoms with E-state index in [9.17, 15) is 9.59 Å².